The molecule has 12 atom stereocenters. The third-order valence-electron chi connectivity index (χ3n) is 7.56. The van der Waals surface area contributed by atoms with Crippen LogP contribution in [0.15, 0.2) is 36.4 Å². The van der Waals surface area contributed by atoms with Gasteiger partial charge in [-0.25, -0.2) is 0 Å². The monoisotopic (exact) mass is 612 g/mol. The third kappa shape index (κ3) is 5.87. The van der Waals surface area contributed by atoms with E-state index in [0.29, 0.717) is 0 Å². The quantitative estimate of drug-likeness (QED) is 0.138. The molecule has 0 bridgehead atoms. The molecule has 3 aliphatic rings. The van der Waals surface area contributed by atoms with E-state index < -0.39 is 104 Å². The van der Waals surface area contributed by atoms with Crippen LogP contribution >= 0.6 is 0 Å². The highest BCUT2D eigenvalue weighted by atomic mass is 16.7. The van der Waals surface area contributed by atoms with Crippen molar-refractivity contribution < 1.29 is 79.5 Å². The van der Waals surface area contributed by atoms with E-state index in [1.807, 2.05) is 0 Å². The number of carbonyl (C=O) groups is 1. The van der Waals surface area contributed by atoms with Gasteiger partial charge in [0.2, 0.25) is 6.29 Å². The summed E-state index contributed by atoms with van der Waals surface area (Å²) in [5.74, 6) is -1.82. The number of aliphatic hydroxyl groups excluding tert-OH is 8. The van der Waals surface area contributed by atoms with Crippen molar-refractivity contribution >= 4 is 5.78 Å². The Morgan fingerprint density at radius 1 is 0.698 bits per heavy atom. The molecule has 0 spiro atoms. The van der Waals surface area contributed by atoms with Gasteiger partial charge in [0.05, 0.1) is 18.8 Å². The lowest BCUT2D eigenvalue weighted by molar-refractivity contribution is -0.311. The number of aromatic hydroxyl groups is 2. The molecule has 0 aliphatic carbocycles. The lowest BCUT2D eigenvalue weighted by Gasteiger charge is -2.42. The van der Waals surface area contributed by atoms with E-state index in [9.17, 15) is 55.9 Å². The van der Waals surface area contributed by atoms with Crippen LogP contribution in [-0.2, 0) is 14.2 Å². The van der Waals surface area contributed by atoms with Crippen LogP contribution in [0, 0.1) is 0 Å². The smallest absolute Gasteiger partial charge is 0.229 e. The Kier molecular flexibility index (Phi) is 9.07. The van der Waals surface area contributed by atoms with Crippen molar-refractivity contribution in [2.24, 2.45) is 0 Å². The van der Waals surface area contributed by atoms with Crippen LogP contribution in [0.5, 0.6) is 23.0 Å². The Balaban J connectivity index is 1.45. The van der Waals surface area contributed by atoms with Crippen molar-refractivity contribution in [3.05, 3.63) is 47.5 Å². The zero-order chi connectivity index (χ0) is 31.2. The van der Waals surface area contributed by atoms with Gasteiger partial charge in [-0.2, -0.15) is 0 Å². The molecule has 0 saturated carbocycles. The predicted octanol–water partition coefficient (Wildman–Crippen LogP) is -3.22. The summed E-state index contributed by atoms with van der Waals surface area (Å²) >= 11 is 0. The van der Waals surface area contributed by atoms with E-state index in [1.54, 1.807) is 0 Å². The zero-order valence-corrected chi connectivity index (χ0v) is 22.2. The molecule has 2 fully saturated rings. The number of ether oxygens (including phenoxy) is 5. The fourth-order valence-electron chi connectivity index (χ4n) is 5.08. The standard InChI is InChI=1S/C27H32O16/c28-7-15-18(33)20(35)22(37)26(41-15)39-10-2-3-11-14(6-10)40-24(9-1-4-12(30)13(31)5-9)25(17(11)32)43-27-23(38)21(36)19(34)16(8-29)42-27/h1-6,15-16,18-31,33-38H,7-8H2/t15-,16+,18+,19+,20-,21+,22+,23+,24-,25+,26+,27-/m0/s1. The molecule has 5 rings (SSSR count). The molecule has 2 aromatic carbocycles. The molecule has 2 aromatic rings. The van der Waals surface area contributed by atoms with Crippen LogP contribution in [0.3, 0.4) is 0 Å². The average molecular weight is 613 g/mol. The normalized spacial score (nSPS) is 37.8. The number of ketones is 1. The number of hydrogen-bond acceptors (Lipinski definition) is 16. The van der Waals surface area contributed by atoms with Gasteiger partial charge in [-0.3, -0.25) is 4.79 Å². The van der Waals surface area contributed by atoms with E-state index in [2.05, 4.69) is 0 Å². The minimum atomic E-state index is -1.84. The van der Waals surface area contributed by atoms with E-state index >= 15 is 0 Å². The minimum Gasteiger partial charge on any atom is -0.504 e. The maximum Gasteiger partial charge on any atom is 0.229 e. The lowest BCUT2D eigenvalue weighted by atomic mass is 9.92. The van der Waals surface area contributed by atoms with Crippen LogP contribution < -0.4 is 9.47 Å². The first-order valence-electron chi connectivity index (χ1n) is 13.2. The van der Waals surface area contributed by atoms with Crippen LogP contribution in [-0.4, -0.2) is 138 Å². The molecule has 3 aliphatic heterocycles. The van der Waals surface area contributed by atoms with Gasteiger partial charge in [0.25, 0.3) is 0 Å². The highest BCUT2D eigenvalue weighted by Crippen LogP contribution is 2.42. The van der Waals surface area contributed by atoms with E-state index in [1.165, 1.54) is 24.3 Å². The van der Waals surface area contributed by atoms with Gasteiger partial charge in [-0.05, 0) is 29.8 Å². The predicted molar refractivity (Wildman–Crippen MR) is 137 cm³/mol. The summed E-state index contributed by atoms with van der Waals surface area (Å²) in [6.45, 7) is -1.42. The van der Waals surface area contributed by atoms with Crippen molar-refractivity contribution in [1.82, 2.24) is 0 Å². The Labute approximate surface area is 243 Å². The van der Waals surface area contributed by atoms with Crippen molar-refractivity contribution in [3.8, 4) is 23.0 Å². The van der Waals surface area contributed by atoms with Gasteiger partial charge in [-0.15, -0.1) is 0 Å². The molecule has 0 unspecified atom stereocenters. The fourth-order valence-corrected chi connectivity index (χ4v) is 5.08. The molecule has 16 heteroatoms. The Morgan fingerprint density at radius 3 is 1.91 bits per heavy atom. The summed E-state index contributed by atoms with van der Waals surface area (Å²) < 4.78 is 28.2. The van der Waals surface area contributed by atoms with Crippen molar-refractivity contribution in [2.75, 3.05) is 13.2 Å². The third-order valence-corrected chi connectivity index (χ3v) is 7.56. The van der Waals surface area contributed by atoms with Gasteiger partial charge in [0, 0.05) is 6.07 Å². The SMILES string of the molecule is O=C1c2ccc(O[C@@H]3O[C@@H](CO)[C@@H](O)[C@H](O)[C@H]3O)cc2O[C@@H](c2ccc(O)c(O)c2)[C@@H]1O[C@@H]1O[C@H](CO)[C@@H](O)[C@@H](O)[C@H]1O. The van der Waals surface area contributed by atoms with Crippen LogP contribution in [0.2, 0.25) is 0 Å². The van der Waals surface area contributed by atoms with Crippen molar-refractivity contribution in [2.45, 2.75) is 73.6 Å². The maximum absolute atomic E-state index is 13.7. The molecule has 236 valence electrons. The summed E-state index contributed by atoms with van der Waals surface area (Å²) in [5.41, 5.74) is 0.0825. The number of Topliss-reactive ketones (excluding diaryl/α,β-unsaturated/α-hetero) is 1. The molecule has 0 amide bonds. The summed E-state index contributed by atoms with van der Waals surface area (Å²) in [4.78, 5) is 13.7. The fraction of sp³-hybridized carbons (Fsp3) is 0.519. The summed E-state index contributed by atoms with van der Waals surface area (Å²) in [6.07, 6.45) is -19.1. The summed E-state index contributed by atoms with van der Waals surface area (Å²) in [5, 5.41) is 100.0. The Bertz CT molecular complexity index is 1300. The van der Waals surface area contributed by atoms with E-state index in [4.69, 9.17) is 23.7 Å². The molecule has 16 nitrogen and oxygen atoms in total. The first-order chi connectivity index (χ1) is 20.4. The molecular formula is C27H32O16. The first kappa shape index (κ1) is 31.3. The number of aliphatic hydroxyl groups is 8. The van der Waals surface area contributed by atoms with Gasteiger partial charge in [-0.1, -0.05) is 6.07 Å². The molecular weight excluding hydrogens is 580 g/mol. The van der Waals surface area contributed by atoms with Gasteiger partial charge in [0.1, 0.15) is 60.3 Å². The second-order valence-corrected chi connectivity index (χ2v) is 10.4. The molecule has 3 heterocycles. The number of fused-ring (bicyclic) bond motifs is 1. The van der Waals surface area contributed by atoms with Gasteiger partial charge < -0.3 is 74.7 Å². The van der Waals surface area contributed by atoms with E-state index in [0.717, 1.165) is 12.1 Å². The average Bonchev–Trinajstić information content (AvgIpc) is 3.00. The molecule has 43 heavy (non-hydrogen) atoms. The molecule has 0 aromatic heterocycles. The number of benzene rings is 2. The van der Waals surface area contributed by atoms with Crippen molar-refractivity contribution in [3.63, 3.8) is 0 Å². The maximum atomic E-state index is 13.7. The van der Waals surface area contributed by atoms with Gasteiger partial charge in [0.15, 0.2) is 35.8 Å². The first-order valence-corrected chi connectivity index (χ1v) is 13.2. The minimum absolute atomic E-state index is 0.0171. The van der Waals surface area contributed by atoms with Crippen LogP contribution in [0.1, 0.15) is 22.0 Å². The summed E-state index contributed by atoms with van der Waals surface area (Å²) in [7, 11) is 0. The van der Waals surface area contributed by atoms with E-state index in [-0.39, 0.29) is 22.6 Å². The zero-order valence-electron chi connectivity index (χ0n) is 22.2. The Morgan fingerprint density at radius 2 is 1.30 bits per heavy atom. The van der Waals surface area contributed by atoms with Crippen LogP contribution in [0.25, 0.3) is 0 Å². The number of carbonyl (C=O) groups excluding carboxylic acids is 1. The molecule has 0 radical (unpaired) electrons. The summed E-state index contributed by atoms with van der Waals surface area (Å²) in [6, 6.07) is 7.42. The Hall–Kier alpha value is -3.13. The number of rotatable bonds is 7. The topological polar surface area (TPSA) is 266 Å². The highest BCUT2D eigenvalue weighted by molar-refractivity contribution is 6.03. The number of phenols is 2. The molecule has 10 N–H and O–H groups in total. The lowest BCUT2D eigenvalue weighted by Crippen LogP contribution is -2.60. The highest BCUT2D eigenvalue weighted by Gasteiger charge is 2.49. The number of hydrogen-bond donors (Lipinski definition) is 10. The molecule has 2 saturated heterocycles. The second-order valence-electron chi connectivity index (χ2n) is 10.4. The largest absolute Gasteiger partial charge is 0.504 e. The van der Waals surface area contributed by atoms with Crippen LogP contribution in [0.4, 0.5) is 0 Å². The van der Waals surface area contributed by atoms with Gasteiger partial charge >= 0.3 is 0 Å². The van der Waals surface area contributed by atoms with Crippen molar-refractivity contribution in [1.29, 1.82) is 0 Å². The second kappa shape index (κ2) is 12.5. The number of phenolic OH excluding ortho intramolecular Hbond substituents is 2.